The first-order chi connectivity index (χ1) is 27.0. The van der Waals surface area contributed by atoms with Crippen LogP contribution in [-0.4, -0.2) is 11.3 Å². The molecule has 270 valence electrons. The third-order valence-corrected chi connectivity index (χ3v) is 14.5. The molecule has 12 rings (SSSR count). The number of benzene rings is 7. The van der Waals surface area contributed by atoms with Crippen molar-refractivity contribution in [1.82, 2.24) is 4.57 Å². The largest absolute Gasteiger partial charge is 0.455 e. The Morgan fingerprint density at radius 2 is 0.982 bits per heavy atom. The maximum Gasteiger partial charge on any atom is 0.247 e. The molecule has 0 atom stereocenters. The van der Waals surface area contributed by atoms with Gasteiger partial charge in [-0.05, 0) is 69.9 Å². The second kappa shape index (κ2) is 11.2. The first-order valence-corrected chi connectivity index (χ1v) is 21.2. The highest BCUT2D eigenvalue weighted by Crippen LogP contribution is 2.50. The molecule has 5 heterocycles. The van der Waals surface area contributed by atoms with Crippen LogP contribution >= 0.6 is 23.5 Å². The van der Waals surface area contributed by atoms with Crippen molar-refractivity contribution in [2.24, 2.45) is 0 Å². The van der Waals surface area contributed by atoms with E-state index in [0.29, 0.717) is 0 Å². The molecule has 10 aromatic rings. The molecule has 7 aromatic carbocycles. The highest BCUT2D eigenvalue weighted by molar-refractivity contribution is 8.01. The molecule has 0 unspecified atom stereocenters. The van der Waals surface area contributed by atoms with Gasteiger partial charge in [0.2, 0.25) is 6.71 Å². The minimum Gasteiger partial charge on any atom is -0.455 e. The zero-order valence-corrected chi connectivity index (χ0v) is 33.8. The van der Waals surface area contributed by atoms with Crippen molar-refractivity contribution in [2.75, 3.05) is 0 Å². The Kier molecular flexibility index (Phi) is 6.57. The van der Waals surface area contributed by atoms with Gasteiger partial charge in [-0.25, -0.2) is 0 Å². The van der Waals surface area contributed by atoms with Crippen LogP contribution in [0.4, 0.5) is 0 Å². The third kappa shape index (κ3) is 4.46. The summed E-state index contributed by atoms with van der Waals surface area (Å²) in [5, 5.41) is 6.63. The van der Waals surface area contributed by atoms with E-state index >= 15 is 0 Å². The molecule has 0 fully saturated rings. The predicted octanol–water partition coefficient (Wildman–Crippen LogP) is 12.6. The van der Waals surface area contributed by atoms with Crippen molar-refractivity contribution in [3.63, 3.8) is 0 Å². The lowest BCUT2D eigenvalue weighted by molar-refractivity contribution is 0.590. The molecule has 3 nitrogen and oxygen atoms in total. The summed E-state index contributed by atoms with van der Waals surface area (Å²) in [6, 6.07) is 45.0. The monoisotopic (exact) mass is 759 g/mol. The van der Waals surface area contributed by atoms with E-state index in [1.165, 1.54) is 52.5 Å². The zero-order chi connectivity index (χ0) is 37.8. The third-order valence-electron chi connectivity index (χ3n) is 12.2. The first-order valence-electron chi connectivity index (χ1n) is 19.5. The molecule has 3 aromatic heterocycles. The lowest BCUT2D eigenvalue weighted by Crippen LogP contribution is -2.58. The molecular formula is C50H38BNO2S2. The number of fused-ring (bicyclic) bond motifs is 16. The Morgan fingerprint density at radius 3 is 1.54 bits per heavy atom. The van der Waals surface area contributed by atoms with Crippen LogP contribution in [0.2, 0.25) is 0 Å². The van der Waals surface area contributed by atoms with Gasteiger partial charge in [0.15, 0.2) is 0 Å². The van der Waals surface area contributed by atoms with Crippen molar-refractivity contribution in [3.8, 4) is 5.69 Å². The molecule has 6 heteroatoms. The first kappa shape index (κ1) is 32.9. The minimum atomic E-state index is 0.0521. The molecule has 0 aliphatic carbocycles. The molecule has 0 bridgehead atoms. The van der Waals surface area contributed by atoms with Crippen LogP contribution < -0.4 is 16.4 Å². The fraction of sp³-hybridized carbons (Fsp3) is 0.160. The van der Waals surface area contributed by atoms with E-state index in [1.54, 1.807) is 0 Å². The van der Waals surface area contributed by atoms with E-state index < -0.39 is 0 Å². The Hall–Kier alpha value is -5.30. The molecule has 0 saturated carbocycles. The van der Waals surface area contributed by atoms with E-state index in [1.807, 2.05) is 29.6 Å². The molecule has 56 heavy (non-hydrogen) atoms. The van der Waals surface area contributed by atoms with Crippen molar-refractivity contribution >= 4 is 112 Å². The van der Waals surface area contributed by atoms with E-state index in [-0.39, 0.29) is 17.5 Å². The quantitative estimate of drug-likeness (QED) is 0.156. The smallest absolute Gasteiger partial charge is 0.247 e. The summed E-state index contributed by atoms with van der Waals surface area (Å²) in [7, 11) is 0. The van der Waals surface area contributed by atoms with E-state index in [2.05, 4.69) is 161 Å². The summed E-state index contributed by atoms with van der Waals surface area (Å²) in [6.45, 7) is 14.1. The lowest BCUT2D eigenvalue weighted by Gasteiger charge is -2.35. The fourth-order valence-corrected chi connectivity index (χ4v) is 11.9. The summed E-state index contributed by atoms with van der Waals surface area (Å²) in [6.07, 6.45) is 0. The summed E-state index contributed by atoms with van der Waals surface area (Å²) < 4.78 is 16.2. The van der Waals surface area contributed by atoms with E-state index in [9.17, 15) is 0 Å². The zero-order valence-electron chi connectivity index (χ0n) is 32.2. The number of hydrogen-bond donors (Lipinski definition) is 0. The molecule has 0 radical (unpaired) electrons. The molecular weight excluding hydrogens is 722 g/mol. The SMILES string of the molecule is CC(C)(C)c1ccc2c(c1)B1c3cc(C(C)(C)C)ccc3Sc3cc(-n4c5ccccc5c5c6oc7ccccc7c6c6oc7ccccc7c6c54)cc(c31)S2. The minimum absolute atomic E-state index is 0.0521. The van der Waals surface area contributed by atoms with Gasteiger partial charge in [0.1, 0.15) is 22.3 Å². The Labute approximate surface area is 334 Å². The molecule has 0 amide bonds. The maximum absolute atomic E-state index is 6.85. The number of para-hydroxylation sites is 3. The summed E-state index contributed by atoms with van der Waals surface area (Å²) in [4.78, 5) is 5.32. The normalized spacial score (nSPS) is 14.1. The van der Waals surface area contributed by atoms with Crippen LogP contribution in [0.3, 0.4) is 0 Å². The van der Waals surface area contributed by atoms with Crippen LogP contribution in [0.5, 0.6) is 0 Å². The Bertz CT molecular complexity index is 3230. The molecule has 2 aliphatic rings. The second-order valence-electron chi connectivity index (χ2n) is 17.7. The van der Waals surface area contributed by atoms with Crippen LogP contribution in [0.25, 0.3) is 71.4 Å². The van der Waals surface area contributed by atoms with Gasteiger partial charge >= 0.3 is 0 Å². The van der Waals surface area contributed by atoms with Gasteiger partial charge in [-0.3, -0.25) is 0 Å². The van der Waals surface area contributed by atoms with Gasteiger partial charge in [0, 0.05) is 41.4 Å². The van der Waals surface area contributed by atoms with Gasteiger partial charge in [-0.1, -0.05) is 155 Å². The topological polar surface area (TPSA) is 31.2 Å². The standard InChI is InChI=1S/C50H38BNO2S2/c1-49(2,3)27-19-21-38-33(23-27)51-34-24-28(50(4,5)6)20-22-39(34)56-41-26-29(25-40(55-38)45(41)51)52-35-16-10-7-13-30(35)42-46(52)43-31-14-8-11-17-36(31)53-48(43)44-32-15-9-12-18-37(32)54-47(42)44/h7-26H,1-6H3. The van der Waals surface area contributed by atoms with E-state index in [4.69, 9.17) is 8.83 Å². The van der Waals surface area contributed by atoms with Crippen molar-refractivity contribution in [2.45, 2.75) is 72.0 Å². The number of aromatic nitrogens is 1. The highest BCUT2D eigenvalue weighted by atomic mass is 32.2. The van der Waals surface area contributed by atoms with Gasteiger partial charge in [0.25, 0.3) is 0 Å². The number of furan rings is 2. The highest BCUT2D eigenvalue weighted by Gasteiger charge is 2.40. The summed E-state index contributed by atoms with van der Waals surface area (Å²) >= 11 is 3.85. The van der Waals surface area contributed by atoms with Gasteiger partial charge in [-0.2, -0.15) is 0 Å². The Balaban J connectivity index is 1.20. The van der Waals surface area contributed by atoms with Crippen LogP contribution in [0.1, 0.15) is 52.7 Å². The van der Waals surface area contributed by atoms with Gasteiger partial charge < -0.3 is 13.4 Å². The lowest BCUT2D eigenvalue weighted by atomic mass is 9.36. The average Bonchev–Trinajstić information content (AvgIpc) is 3.86. The average molecular weight is 760 g/mol. The fourth-order valence-electron chi connectivity index (χ4n) is 9.43. The van der Waals surface area contributed by atoms with Crippen molar-refractivity contribution < 1.29 is 8.83 Å². The van der Waals surface area contributed by atoms with Crippen LogP contribution in [-0.2, 0) is 10.8 Å². The summed E-state index contributed by atoms with van der Waals surface area (Å²) in [5.74, 6) is 0. The number of rotatable bonds is 1. The van der Waals surface area contributed by atoms with Gasteiger partial charge in [0.05, 0.1) is 27.2 Å². The van der Waals surface area contributed by atoms with Crippen molar-refractivity contribution in [1.29, 1.82) is 0 Å². The number of nitrogens with zero attached hydrogens (tertiary/aromatic N) is 1. The Morgan fingerprint density at radius 1 is 0.500 bits per heavy atom. The van der Waals surface area contributed by atoms with Crippen molar-refractivity contribution in [3.05, 3.63) is 132 Å². The molecule has 0 N–H and O–H groups in total. The number of hydrogen-bond acceptors (Lipinski definition) is 4. The van der Waals surface area contributed by atoms with E-state index in [0.717, 1.165) is 66.0 Å². The molecule has 0 saturated heterocycles. The van der Waals surface area contributed by atoms with Crippen LogP contribution in [0, 0.1) is 0 Å². The van der Waals surface area contributed by atoms with Gasteiger partial charge in [-0.15, -0.1) is 0 Å². The molecule has 0 spiro atoms. The molecule has 2 aliphatic heterocycles. The second-order valence-corrected chi connectivity index (χ2v) is 19.8. The van der Waals surface area contributed by atoms with Crippen LogP contribution in [0.15, 0.2) is 150 Å². The maximum atomic E-state index is 6.85. The summed E-state index contributed by atoms with van der Waals surface area (Å²) in [5.41, 5.74) is 14.1. The predicted molar refractivity (Wildman–Crippen MR) is 239 cm³/mol.